The number of aliphatic hydroxyl groups excluding tert-OH is 1. The molecular formula is C43H69N9O11. The molecule has 0 unspecified atom stereocenters. The number of amides is 7. The van der Waals surface area contributed by atoms with Crippen molar-refractivity contribution in [2.24, 2.45) is 17.6 Å². The third-order valence-corrected chi connectivity index (χ3v) is 11.0. The molecule has 0 spiro atoms. The van der Waals surface area contributed by atoms with E-state index >= 15 is 0 Å². The lowest BCUT2D eigenvalue weighted by molar-refractivity contribution is -0.142. The molecule has 2 aliphatic rings. The fraction of sp³-hybridized carbons (Fsp3) is 0.674. The van der Waals surface area contributed by atoms with Crippen LogP contribution < -0.4 is 43.0 Å². The number of phenolic OH excluding ortho intramolecular Hbond substituents is 1. The number of carboxylic acids is 1. The summed E-state index contributed by atoms with van der Waals surface area (Å²) in [6.07, 6.45) is -0.550. The average Bonchev–Trinajstić information content (AvgIpc) is 3.67. The number of unbranched alkanes of at least 4 members (excludes halogenated alkanes) is 1. The zero-order valence-corrected chi connectivity index (χ0v) is 37.3. The molecule has 20 heteroatoms. The minimum absolute atomic E-state index is 0.00523. The van der Waals surface area contributed by atoms with Crippen molar-refractivity contribution in [3.05, 3.63) is 29.8 Å². The normalized spacial score (nSPS) is 26.8. The Morgan fingerprint density at radius 1 is 0.810 bits per heavy atom. The molecule has 352 valence electrons. The molecule has 20 nitrogen and oxygen atoms in total. The van der Waals surface area contributed by atoms with Gasteiger partial charge in [-0.1, -0.05) is 46.2 Å². The minimum atomic E-state index is -1.75. The Balaban J connectivity index is 2.17. The summed E-state index contributed by atoms with van der Waals surface area (Å²) in [4.78, 5) is 111. The molecule has 0 bridgehead atoms. The standard InChI is InChI=1S/C43H69N9O11/c1-23(2)18-30-39(59)49-32(21-35(56)57)40(60)51-36(26(6)53)42(62)46-25(5)37(43(63)45-22-24(3)4)52-17-9-11-33(52)41(61)50-31(19-27-12-14-29(54)15-13-27)38(58)47-28(10-7-8-16-44)20-34(55)48-30/h12-15,23-26,28,30-33,36-37,53-54H,7-11,16-22,44H2,1-6H3,(H,45,63)(H,46,62)(H,47,58)(H,48,55)(H,49,59)(H,50,61)(H,51,60)(H,56,57)/t25-,26+,28-,30-,31-,32-,33-,36-,37-/m0/s1. The highest BCUT2D eigenvalue weighted by molar-refractivity contribution is 5.97. The Morgan fingerprint density at radius 3 is 2.05 bits per heavy atom. The van der Waals surface area contributed by atoms with Gasteiger partial charge in [-0.25, -0.2) is 0 Å². The number of aliphatic hydroxyl groups is 1. The van der Waals surface area contributed by atoms with Gasteiger partial charge < -0.3 is 58.3 Å². The van der Waals surface area contributed by atoms with Crippen LogP contribution in [0.3, 0.4) is 0 Å². The Labute approximate surface area is 369 Å². The van der Waals surface area contributed by atoms with Gasteiger partial charge in [-0.15, -0.1) is 0 Å². The lowest BCUT2D eigenvalue weighted by Crippen LogP contribution is -2.64. The number of carbonyl (C=O) groups is 8. The first-order valence-electron chi connectivity index (χ1n) is 21.9. The number of rotatable bonds is 14. The van der Waals surface area contributed by atoms with E-state index in [0.29, 0.717) is 37.8 Å². The van der Waals surface area contributed by atoms with Crippen LogP contribution in [0.5, 0.6) is 5.75 Å². The van der Waals surface area contributed by atoms with Crippen LogP contribution in [-0.2, 0) is 44.8 Å². The summed E-state index contributed by atoms with van der Waals surface area (Å²) in [7, 11) is 0. The van der Waals surface area contributed by atoms with Gasteiger partial charge in [0, 0.05) is 25.4 Å². The van der Waals surface area contributed by atoms with Crippen LogP contribution in [-0.4, -0.2) is 142 Å². The zero-order chi connectivity index (χ0) is 47.0. The molecular weight excluding hydrogens is 819 g/mol. The van der Waals surface area contributed by atoms with Gasteiger partial charge in [-0.3, -0.25) is 43.3 Å². The van der Waals surface area contributed by atoms with Crippen LogP contribution in [0.15, 0.2) is 24.3 Å². The number of phenols is 1. The predicted octanol–water partition coefficient (Wildman–Crippen LogP) is -1.10. The average molecular weight is 888 g/mol. The maximum Gasteiger partial charge on any atom is 0.305 e. The van der Waals surface area contributed by atoms with Gasteiger partial charge in [0.05, 0.1) is 24.6 Å². The molecule has 63 heavy (non-hydrogen) atoms. The monoisotopic (exact) mass is 888 g/mol. The number of nitrogens with one attached hydrogen (secondary N) is 7. The van der Waals surface area contributed by atoms with E-state index in [0.717, 1.165) is 0 Å². The highest BCUT2D eigenvalue weighted by Gasteiger charge is 2.43. The number of hydrogen-bond acceptors (Lipinski definition) is 12. The van der Waals surface area contributed by atoms with E-state index in [-0.39, 0.29) is 56.4 Å². The van der Waals surface area contributed by atoms with E-state index in [1.165, 1.54) is 26.0 Å². The summed E-state index contributed by atoms with van der Waals surface area (Å²) in [6.45, 7) is 11.0. The van der Waals surface area contributed by atoms with Crippen LogP contribution in [0.25, 0.3) is 0 Å². The summed E-state index contributed by atoms with van der Waals surface area (Å²) in [5, 5.41) is 49.2. The number of fused-ring (bicyclic) bond motifs is 1. The molecule has 2 saturated heterocycles. The topological polar surface area (TPSA) is 311 Å². The van der Waals surface area contributed by atoms with Crippen molar-refractivity contribution in [2.45, 2.75) is 154 Å². The molecule has 0 aromatic heterocycles. The largest absolute Gasteiger partial charge is 0.508 e. The number of nitrogens with two attached hydrogens (primary N) is 1. The minimum Gasteiger partial charge on any atom is -0.508 e. The van der Waals surface area contributed by atoms with E-state index in [9.17, 15) is 53.7 Å². The SMILES string of the molecule is CC(C)CNC(=O)[C@@H]1[C@H](C)NC(=O)[C@H]([C@@H](C)O)NC(=O)[C@H](CC(=O)O)NC(=O)[C@H](CC(C)C)NC(=O)C[C@H](CCCCN)NC(=O)[C@H](Cc2ccc(O)cc2)NC(=O)[C@@H]2CCCN12. The van der Waals surface area contributed by atoms with E-state index < -0.39 is 108 Å². The third kappa shape index (κ3) is 16.7. The Hall–Kier alpha value is -5.34. The maximum atomic E-state index is 14.4. The summed E-state index contributed by atoms with van der Waals surface area (Å²) < 4.78 is 0. The molecule has 9 atom stereocenters. The van der Waals surface area contributed by atoms with Crippen LogP contribution >= 0.6 is 0 Å². The molecule has 0 radical (unpaired) electrons. The first-order valence-corrected chi connectivity index (χ1v) is 21.9. The lowest BCUT2D eigenvalue weighted by Gasteiger charge is -2.37. The number of nitrogens with zero attached hydrogens (tertiary/aromatic N) is 1. The van der Waals surface area contributed by atoms with Gasteiger partial charge in [0.2, 0.25) is 41.4 Å². The molecule has 0 saturated carbocycles. The van der Waals surface area contributed by atoms with Crippen molar-refractivity contribution < 1.29 is 53.7 Å². The summed E-state index contributed by atoms with van der Waals surface area (Å²) in [5.74, 6) is -6.89. The van der Waals surface area contributed by atoms with Crippen LogP contribution in [0, 0.1) is 11.8 Å². The number of hydrogen-bond donors (Lipinski definition) is 11. The van der Waals surface area contributed by atoms with Crippen molar-refractivity contribution in [3.63, 3.8) is 0 Å². The second kappa shape index (κ2) is 25.1. The Morgan fingerprint density at radius 2 is 1.44 bits per heavy atom. The van der Waals surface area contributed by atoms with E-state index in [2.05, 4.69) is 37.2 Å². The highest BCUT2D eigenvalue weighted by Crippen LogP contribution is 2.24. The zero-order valence-electron chi connectivity index (χ0n) is 37.3. The van der Waals surface area contributed by atoms with E-state index in [4.69, 9.17) is 5.73 Å². The molecule has 2 aliphatic heterocycles. The molecule has 2 fully saturated rings. The maximum absolute atomic E-state index is 14.4. The van der Waals surface area contributed by atoms with Gasteiger partial charge >= 0.3 is 5.97 Å². The van der Waals surface area contributed by atoms with Gasteiger partial charge in [0.15, 0.2) is 0 Å². The van der Waals surface area contributed by atoms with Crippen LogP contribution in [0.4, 0.5) is 0 Å². The number of carbonyl (C=O) groups excluding carboxylic acids is 7. The fourth-order valence-electron chi connectivity index (χ4n) is 7.77. The van der Waals surface area contributed by atoms with Crippen molar-refractivity contribution in [1.82, 2.24) is 42.1 Å². The second-order valence-corrected chi connectivity index (χ2v) is 17.5. The Bertz CT molecular complexity index is 1740. The quantitative estimate of drug-likeness (QED) is 0.0991. The summed E-state index contributed by atoms with van der Waals surface area (Å²) in [5.41, 5.74) is 6.36. The van der Waals surface area contributed by atoms with Crippen molar-refractivity contribution >= 4 is 47.3 Å². The number of aliphatic carboxylic acids is 1. The highest BCUT2D eigenvalue weighted by atomic mass is 16.4. The molecule has 12 N–H and O–H groups in total. The van der Waals surface area contributed by atoms with E-state index in [1.54, 1.807) is 30.9 Å². The third-order valence-electron chi connectivity index (χ3n) is 11.0. The number of aromatic hydroxyl groups is 1. The van der Waals surface area contributed by atoms with Crippen LogP contribution in [0.2, 0.25) is 0 Å². The summed E-state index contributed by atoms with van der Waals surface area (Å²) in [6, 6.07) is -3.76. The number of carboxylic acid groups (broad SMARTS) is 1. The van der Waals surface area contributed by atoms with Gasteiger partial charge in [0.25, 0.3) is 0 Å². The van der Waals surface area contributed by atoms with Crippen molar-refractivity contribution in [2.75, 3.05) is 19.6 Å². The molecule has 3 rings (SSSR count). The second-order valence-electron chi connectivity index (χ2n) is 17.5. The predicted molar refractivity (Wildman–Crippen MR) is 231 cm³/mol. The summed E-state index contributed by atoms with van der Waals surface area (Å²) >= 11 is 0. The molecule has 0 aliphatic carbocycles. The fourth-order valence-corrected chi connectivity index (χ4v) is 7.77. The lowest BCUT2D eigenvalue weighted by atomic mass is 9.99. The van der Waals surface area contributed by atoms with Crippen molar-refractivity contribution in [3.8, 4) is 5.75 Å². The molecule has 7 amide bonds. The molecule has 1 aromatic carbocycles. The first-order chi connectivity index (χ1) is 29.7. The van der Waals surface area contributed by atoms with Crippen LogP contribution in [0.1, 0.15) is 98.5 Å². The Kier molecular flexibility index (Phi) is 20.7. The van der Waals surface area contributed by atoms with Gasteiger partial charge in [0.1, 0.15) is 36.0 Å². The first kappa shape index (κ1) is 52.0. The van der Waals surface area contributed by atoms with E-state index in [1.807, 2.05) is 13.8 Å². The molecule has 1 aromatic rings. The smallest absolute Gasteiger partial charge is 0.305 e. The number of benzene rings is 1. The van der Waals surface area contributed by atoms with Crippen molar-refractivity contribution in [1.29, 1.82) is 0 Å². The van der Waals surface area contributed by atoms with Gasteiger partial charge in [-0.05, 0) is 88.6 Å². The molecule has 2 heterocycles. The van der Waals surface area contributed by atoms with Gasteiger partial charge in [-0.2, -0.15) is 0 Å².